The fourth-order valence-electron chi connectivity index (χ4n) is 2.74. The number of halogens is 1. The lowest BCUT2D eigenvalue weighted by Gasteiger charge is -2.18. The van der Waals surface area contributed by atoms with Gasteiger partial charge in [0.05, 0.1) is 5.52 Å². The molecule has 0 aliphatic heterocycles. The van der Waals surface area contributed by atoms with Gasteiger partial charge in [-0.25, -0.2) is 4.39 Å². The Hall–Kier alpha value is -1.91. The van der Waals surface area contributed by atoms with Crippen molar-refractivity contribution in [1.82, 2.24) is 9.88 Å². The van der Waals surface area contributed by atoms with Crippen molar-refractivity contribution < 1.29 is 4.39 Å². The first-order valence-electron chi connectivity index (χ1n) is 7.50. The summed E-state index contributed by atoms with van der Waals surface area (Å²) in [6.45, 7) is 1.48. The molecule has 0 aliphatic rings. The second kappa shape index (κ2) is 7.11. The van der Waals surface area contributed by atoms with E-state index < -0.39 is 0 Å². The number of hydrogen-bond donors (Lipinski definition) is 0. The molecule has 4 heteroatoms. The van der Waals surface area contributed by atoms with E-state index in [1.807, 2.05) is 19.2 Å². The fourth-order valence-corrected chi connectivity index (χ4v) is 3.15. The Morgan fingerprint density at radius 1 is 1.09 bits per heavy atom. The lowest BCUT2D eigenvalue weighted by atomic mass is 10.1. The number of fused-ring (bicyclic) bond motifs is 1. The molecule has 3 aromatic rings. The highest BCUT2D eigenvalue weighted by Crippen LogP contribution is 2.21. The van der Waals surface area contributed by atoms with E-state index in [1.165, 1.54) is 16.5 Å². The van der Waals surface area contributed by atoms with Crippen molar-refractivity contribution in [3.63, 3.8) is 0 Å². The molecule has 0 bridgehead atoms. The first kappa shape index (κ1) is 16.0. The number of thioether (sulfide) groups is 1. The molecule has 0 unspecified atom stereocenters. The number of nitrogens with zero attached hydrogens (tertiary/aromatic N) is 2. The van der Waals surface area contributed by atoms with Crippen LogP contribution in [0.15, 0.2) is 59.6 Å². The Morgan fingerprint density at radius 2 is 1.87 bits per heavy atom. The van der Waals surface area contributed by atoms with Crippen LogP contribution in [0.1, 0.15) is 11.1 Å². The minimum atomic E-state index is -0.210. The van der Waals surface area contributed by atoms with Crippen molar-refractivity contribution in [1.29, 1.82) is 0 Å². The zero-order chi connectivity index (χ0) is 16.2. The van der Waals surface area contributed by atoms with Gasteiger partial charge in [0.2, 0.25) is 0 Å². The van der Waals surface area contributed by atoms with Crippen LogP contribution in [0.4, 0.5) is 4.39 Å². The zero-order valence-corrected chi connectivity index (χ0v) is 14.1. The summed E-state index contributed by atoms with van der Waals surface area (Å²) in [6, 6.07) is 15.4. The second-order valence-electron chi connectivity index (χ2n) is 5.66. The van der Waals surface area contributed by atoms with Gasteiger partial charge in [0.15, 0.2) is 0 Å². The maximum Gasteiger partial charge on any atom is 0.124 e. The Balaban J connectivity index is 1.78. The average Bonchev–Trinajstić information content (AvgIpc) is 2.55. The van der Waals surface area contributed by atoms with Gasteiger partial charge in [-0.15, -0.1) is 11.8 Å². The van der Waals surface area contributed by atoms with Crippen molar-refractivity contribution in [2.24, 2.45) is 0 Å². The monoisotopic (exact) mass is 326 g/mol. The second-order valence-corrected chi connectivity index (χ2v) is 6.54. The molecular formula is C19H19FN2S. The predicted octanol–water partition coefficient (Wildman–Crippen LogP) is 4.73. The number of benzene rings is 2. The van der Waals surface area contributed by atoms with Gasteiger partial charge in [-0.05, 0) is 54.8 Å². The first-order valence-corrected chi connectivity index (χ1v) is 8.73. The lowest BCUT2D eigenvalue weighted by molar-refractivity contribution is 0.319. The molecule has 2 aromatic carbocycles. The van der Waals surface area contributed by atoms with Gasteiger partial charge in [0, 0.05) is 29.6 Å². The Kier molecular flexibility index (Phi) is 4.94. The third-order valence-electron chi connectivity index (χ3n) is 3.80. The van der Waals surface area contributed by atoms with Crippen LogP contribution >= 0.6 is 11.8 Å². The van der Waals surface area contributed by atoms with Gasteiger partial charge < -0.3 is 0 Å². The predicted molar refractivity (Wildman–Crippen MR) is 95.1 cm³/mol. The first-order chi connectivity index (χ1) is 11.2. The van der Waals surface area contributed by atoms with E-state index in [0.717, 1.165) is 23.0 Å². The van der Waals surface area contributed by atoms with Gasteiger partial charge in [-0.3, -0.25) is 9.88 Å². The van der Waals surface area contributed by atoms with Crippen LogP contribution in [0.2, 0.25) is 0 Å². The van der Waals surface area contributed by atoms with Gasteiger partial charge >= 0.3 is 0 Å². The molecule has 23 heavy (non-hydrogen) atoms. The highest BCUT2D eigenvalue weighted by molar-refractivity contribution is 7.98. The maximum absolute atomic E-state index is 13.8. The van der Waals surface area contributed by atoms with Crippen LogP contribution in [0.5, 0.6) is 0 Å². The molecule has 0 N–H and O–H groups in total. The summed E-state index contributed by atoms with van der Waals surface area (Å²) >= 11 is 1.74. The van der Waals surface area contributed by atoms with Crippen molar-refractivity contribution in [2.75, 3.05) is 13.3 Å². The Labute approximate surface area is 140 Å². The molecule has 1 aromatic heterocycles. The summed E-state index contributed by atoms with van der Waals surface area (Å²) in [5.74, 6) is -0.210. The average molecular weight is 326 g/mol. The normalized spacial score (nSPS) is 11.3. The molecule has 0 saturated heterocycles. The van der Waals surface area contributed by atoms with Gasteiger partial charge in [0.1, 0.15) is 5.82 Å². The van der Waals surface area contributed by atoms with E-state index in [2.05, 4.69) is 40.4 Å². The summed E-state index contributed by atoms with van der Waals surface area (Å²) in [5, 5.41) is 0.847. The summed E-state index contributed by atoms with van der Waals surface area (Å²) in [5.41, 5.74) is 3.04. The van der Waals surface area contributed by atoms with Gasteiger partial charge in [-0.2, -0.15) is 0 Å². The highest BCUT2D eigenvalue weighted by atomic mass is 32.2. The molecule has 0 spiro atoms. The van der Waals surface area contributed by atoms with Crippen LogP contribution in [0, 0.1) is 5.82 Å². The van der Waals surface area contributed by atoms with Crippen molar-refractivity contribution >= 4 is 22.7 Å². The van der Waals surface area contributed by atoms with E-state index in [0.29, 0.717) is 6.54 Å². The van der Waals surface area contributed by atoms with Crippen LogP contribution < -0.4 is 0 Å². The number of rotatable bonds is 5. The molecule has 3 rings (SSSR count). The molecule has 118 valence electrons. The number of aromatic nitrogens is 1. The van der Waals surface area contributed by atoms with Crippen LogP contribution in [0.25, 0.3) is 10.9 Å². The van der Waals surface area contributed by atoms with E-state index in [4.69, 9.17) is 0 Å². The maximum atomic E-state index is 13.8. The van der Waals surface area contributed by atoms with Crippen LogP contribution in [-0.2, 0) is 13.1 Å². The summed E-state index contributed by atoms with van der Waals surface area (Å²) in [7, 11) is 2.04. The SMILES string of the molecule is CSc1ccc(CN(C)Cc2cc(F)cc3cccnc23)cc1. The van der Waals surface area contributed by atoms with Crippen LogP contribution in [-0.4, -0.2) is 23.2 Å². The van der Waals surface area contributed by atoms with E-state index in [9.17, 15) is 4.39 Å². The van der Waals surface area contributed by atoms with E-state index >= 15 is 0 Å². The van der Waals surface area contributed by atoms with Crippen molar-refractivity contribution in [3.05, 3.63) is 71.7 Å². The minimum Gasteiger partial charge on any atom is -0.298 e. The summed E-state index contributed by atoms with van der Waals surface area (Å²) in [4.78, 5) is 7.85. The molecular weight excluding hydrogens is 307 g/mol. The summed E-state index contributed by atoms with van der Waals surface area (Å²) < 4.78 is 13.8. The molecule has 0 aliphatic carbocycles. The van der Waals surface area contributed by atoms with Crippen molar-refractivity contribution in [3.8, 4) is 0 Å². The third-order valence-corrected chi connectivity index (χ3v) is 4.54. The van der Waals surface area contributed by atoms with E-state index in [-0.39, 0.29) is 5.82 Å². The zero-order valence-electron chi connectivity index (χ0n) is 13.3. The largest absolute Gasteiger partial charge is 0.298 e. The van der Waals surface area contributed by atoms with Crippen LogP contribution in [0.3, 0.4) is 0 Å². The van der Waals surface area contributed by atoms with Gasteiger partial charge in [0.25, 0.3) is 0 Å². The molecule has 0 radical (unpaired) electrons. The topological polar surface area (TPSA) is 16.1 Å². The smallest absolute Gasteiger partial charge is 0.124 e. The lowest BCUT2D eigenvalue weighted by Crippen LogP contribution is -2.17. The van der Waals surface area contributed by atoms with E-state index in [1.54, 1.807) is 24.0 Å². The molecule has 0 amide bonds. The van der Waals surface area contributed by atoms with Crippen molar-refractivity contribution in [2.45, 2.75) is 18.0 Å². The quantitative estimate of drug-likeness (QED) is 0.631. The minimum absolute atomic E-state index is 0.210. The molecule has 0 saturated carbocycles. The highest BCUT2D eigenvalue weighted by Gasteiger charge is 2.09. The molecule has 0 atom stereocenters. The summed E-state index contributed by atoms with van der Waals surface area (Å²) in [6.07, 6.45) is 3.83. The Morgan fingerprint density at radius 3 is 2.61 bits per heavy atom. The number of pyridine rings is 1. The third kappa shape index (κ3) is 3.89. The Bertz CT molecular complexity index is 802. The number of hydrogen-bond acceptors (Lipinski definition) is 3. The standard InChI is InChI=1S/C19H19FN2S/c1-22(12-14-5-7-18(23-2)8-6-14)13-16-11-17(20)10-15-4-3-9-21-19(15)16/h3-11H,12-13H2,1-2H3. The van der Waals surface area contributed by atoms with Gasteiger partial charge in [-0.1, -0.05) is 18.2 Å². The molecule has 1 heterocycles. The molecule has 0 fully saturated rings. The fraction of sp³-hybridized carbons (Fsp3) is 0.211. The molecule has 2 nitrogen and oxygen atoms in total.